The second-order valence-electron chi connectivity index (χ2n) is 4.37. The highest BCUT2D eigenvalue weighted by molar-refractivity contribution is 7.92. The Bertz CT molecular complexity index is 1000. The van der Waals surface area contributed by atoms with Gasteiger partial charge < -0.3 is 4.42 Å². The summed E-state index contributed by atoms with van der Waals surface area (Å²) in [5, 5.41) is 0. The maximum absolute atomic E-state index is 13.5. The van der Waals surface area contributed by atoms with Gasteiger partial charge in [-0.15, -0.1) is 0 Å². The van der Waals surface area contributed by atoms with Crippen LogP contribution in [0.5, 0.6) is 0 Å². The number of anilines is 1. The van der Waals surface area contributed by atoms with E-state index < -0.39 is 33.1 Å². The fourth-order valence-electron chi connectivity index (χ4n) is 1.89. The zero-order valence-corrected chi connectivity index (χ0v) is 11.6. The van der Waals surface area contributed by atoms with E-state index >= 15 is 0 Å². The first-order valence-corrected chi connectivity index (χ1v) is 7.45. The van der Waals surface area contributed by atoms with Crippen LogP contribution in [-0.2, 0) is 10.0 Å². The molecule has 0 unspecified atom stereocenters. The minimum atomic E-state index is -4.23. The van der Waals surface area contributed by atoms with Crippen LogP contribution in [0.25, 0.3) is 11.1 Å². The molecule has 9 heteroatoms. The van der Waals surface area contributed by atoms with Crippen molar-refractivity contribution in [3.8, 4) is 0 Å². The summed E-state index contributed by atoms with van der Waals surface area (Å²) < 4.78 is 58.0. The highest BCUT2D eigenvalue weighted by Gasteiger charge is 2.20. The first kappa shape index (κ1) is 14.3. The first-order valence-electron chi connectivity index (χ1n) is 5.96. The zero-order chi connectivity index (χ0) is 15.9. The van der Waals surface area contributed by atoms with Gasteiger partial charge in [-0.25, -0.2) is 22.0 Å². The maximum Gasteiger partial charge on any atom is 0.417 e. The zero-order valence-electron chi connectivity index (χ0n) is 10.8. The van der Waals surface area contributed by atoms with Gasteiger partial charge >= 0.3 is 5.76 Å². The van der Waals surface area contributed by atoms with E-state index in [0.29, 0.717) is 0 Å². The number of halogens is 2. The quantitative estimate of drug-likeness (QED) is 0.772. The van der Waals surface area contributed by atoms with Crippen LogP contribution in [0, 0.1) is 11.6 Å². The van der Waals surface area contributed by atoms with Crippen LogP contribution in [0.2, 0.25) is 0 Å². The van der Waals surface area contributed by atoms with Crippen molar-refractivity contribution in [3.63, 3.8) is 0 Å². The number of aromatic amines is 1. The molecule has 0 fully saturated rings. The average molecular weight is 326 g/mol. The van der Waals surface area contributed by atoms with Gasteiger partial charge in [0.25, 0.3) is 10.0 Å². The highest BCUT2D eigenvalue weighted by atomic mass is 32.2. The molecule has 0 saturated carbocycles. The summed E-state index contributed by atoms with van der Waals surface area (Å²) in [6.07, 6.45) is 0. The summed E-state index contributed by atoms with van der Waals surface area (Å²) in [6, 6.07) is 6.52. The third kappa shape index (κ3) is 2.46. The number of hydrogen-bond acceptors (Lipinski definition) is 4. The molecule has 0 aliphatic carbocycles. The Morgan fingerprint density at radius 2 is 1.77 bits per heavy atom. The van der Waals surface area contributed by atoms with Crippen LogP contribution in [0.15, 0.2) is 50.5 Å². The molecule has 3 aromatic rings. The topological polar surface area (TPSA) is 92.2 Å². The van der Waals surface area contributed by atoms with Crippen molar-refractivity contribution in [1.82, 2.24) is 4.98 Å². The molecule has 2 N–H and O–H groups in total. The van der Waals surface area contributed by atoms with E-state index in [1.54, 1.807) is 0 Å². The molecule has 0 radical (unpaired) electrons. The van der Waals surface area contributed by atoms with Gasteiger partial charge in [0.2, 0.25) is 0 Å². The molecule has 1 aromatic heterocycles. The van der Waals surface area contributed by atoms with Crippen LogP contribution in [0.4, 0.5) is 14.5 Å². The third-order valence-electron chi connectivity index (χ3n) is 2.90. The number of nitrogens with one attached hydrogen (secondary N) is 2. The molecule has 114 valence electrons. The molecule has 0 aliphatic rings. The molecule has 0 atom stereocenters. The minimum absolute atomic E-state index is 0.155. The summed E-state index contributed by atoms with van der Waals surface area (Å²) in [6.45, 7) is 0. The van der Waals surface area contributed by atoms with Gasteiger partial charge in [0.1, 0.15) is 17.3 Å². The number of oxazole rings is 1. The van der Waals surface area contributed by atoms with E-state index in [9.17, 15) is 22.0 Å². The Kier molecular flexibility index (Phi) is 3.21. The van der Waals surface area contributed by atoms with E-state index in [4.69, 9.17) is 4.42 Å². The van der Waals surface area contributed by atoms with E-state index in [1.807, 2.05) is 4.72 Å². The Morgan fingerprint density at radius 1 is 1.09 bits per heavy atom. The lowest BCUT2D eigenvalue weighted by Gasteiger charge is -2.09. The number of fused-ring (bicyclic) bond motifs is 1. The lowest BCUT2D eigenvalue weighted by atomic mass is 10.3. The average Bonchev–Trinajstić information content (AvgIpc) is 2.82. The second-order valence-corrected chi connectivity index (χ2v) is 6.06. The molecular weight excluding hydrogens is 318 g/mol. The summed E-state index contributed by atoms with van der Waals surface area (Å²) in [5.41, 5.74) is -0.453. The highest BCUT2D eigenvalue weighted by Crippen LogP contribution is 2.23. The van der Waals surface area contributed by atoms with Crippen molar-refractivity contribution in [1.29, 1.82) is 0 Å². The lowest BCUT2D eigenvalue weighted by molar-refractivity contribution is 0.555. The van der Waals surface area contributed by atoms with E-state index in [-0.39, 0.29) is 16.0 Å². The van der Waals surface area contributed by atoms with Gasteiger partial charge in [-0.3, -0.25) is 9.71 Å². The number of benzene rings is 2. The van der Waals surface area contributed by atoms with Crippen LogP contribution < -0.4 is 10.5 Å². The first-order chi connectivity index (χ1) is 10.4. The molecule has 6 nitrogen and oxygen atoms in total. The van der Waals surface area contributed by atoms with E-state index in [1.165, 1.54) is 6.07 Å². The number of para-hydroxylation sites is 1. The largest absolute Gasteiger partial charge is 0.417 e. The standard InChI is InChI=1S/C13H8F2N2O4S/c14-8-2-1-3-9(15)12(8)17-22(19,20)7-4-5-11-10(6-7)16-13(18)21-11/h1-6,17H,(H,16,18). The van der Waals surface area contributed by atoms with Crippen molar-refractivity contribution < 1.29 is 21.6 Å². The van der Waals surface area contributed by atoms with E-state index in [0.717, 1.165) is 30.3 Å². The molecule has 22 heavy (non-hydrogen) atoms. The van der Waals surface area contributed by atoms with Crippen LogP contribution in [0.3, 0.4) is 0 Å². The lowest BCUT2D eigenvalue weighted by Crippen LogP contribution is -2.15. The van der Waals surface area contributed by atoms with Crippen molar-refractivity contribution in [3.05, 3.63) is 58.6 Å². The number of rotatable bonds is 3. The third-order valence-corrected chi connectivity index (χ3v) is 4.25. The van der Waals surface area contributed by atoms with Crippen molar-refractivity contribution >= 4 is 26.8 Å². The van der Waals surface area contributed by atoms with Crippen LogP contribution >= 0.6 is 0 Å². The van der Waals surface area contributed by atoms with Gasteiger partial charge in [0.15, 0.2) is 5.58 Å². The minimum Gasteiger partial charge on any atom is -0.408 e. The van der Waals surface area contributed by atoms with Gasteiger partial charge in [-0.1, -0.05) is 6.07 Å². The summed E-state index contributed by atoms with van der Waals surface area (Å²) in [7, 11) is -4.23. The SMILES string of the molecule is O=c1[nH]c2cc(S(=O)(=O)Nc3c(F)cccc3F)ccc2o1. The van der Waals surface area contributed by atoms with Crippen molar-refractivity contribution in [2.45, 2.75) is 4.90 Å². The Balaban J connectivity index is 2.06. The molecule has 0 bridgehead atoms. The van der Waals surface area contributed by atoms with Crippen LogP contribution in [0.1, 0.15) is 0 Å². The summed E-state index contributed by atoms with van der Waals surface area (Å²) in [4.78, 5) is 13.1. The smallest absolute Gasteiger partial charge is 0.408 e. The molecule has 3 rings (SSSR count). The predicted molar refractivity (Wildman–Crippen MR) is 74.0 cm³/mol. The van der Waals surface area contributed by atoms with E-state index in [2.05, 4.69) is 4.98 Å². The second kappa shape index (κ2) is 4.95. The number of hydrogen-bond donors (Lipinski definition) is 2. The summed E-state index contributed by atoms with van der Waals surface area (Å²) >= 11 is 0. The molecule has 1 heterocycles. The molecular formula is C13H8F2N2O4S. The number of H-pyrrole nitrogens is 1. The van der Waals surface area contributed by atoms with Gasteiger partial charge in [-0.05, 0) is 30.3 Å². The molecule has 0 amide bonds. The fraction of sp³-hybridized carbons (Fsp3) is 0. The Hall–Kier alpha value is -2.68. The van der Waals surface area contributed by atoms with Crippen LogP contribution in [-0.4, -0.2) is 13.4 Å². The Labute approximate surface area is 122 Å². The normalized spacial score (nSPS) is 11.7. The predicted octanol–water partition coefficient (Wildman–Crippen LogP) is 2.20. The number of aromatic nitrogens is 1. The number of sulfonamides is 1. The molecule has 0 spiro atoms. The van der Waals surface area contributed by atoms with Crippen molar-refractivity contribution in [2.24, 2.45) is 0 Å². The monoisotopic (exact) mass is 326 g/mol. The van der Waals surface area contributed by atoms with Gasteiger partial charge in [0.05, 0.1) is 10.4 Å². The molecule has 0 aliphatic heterocycles. The maximum atomic E-state index is 13.5. The Morgan fingerprint density at radius 3 is 2.45 bits per heavy atom. The molecule has 0 saturated heterocycles. The van der Waals surface area contributed by atoms with Gasteiger partial charge in [0, 0.05) is 0 Å². The van der Waals surface area contributed by atoms with Gasteiger partial charge in [-0.2, -0.15) is 0 Å². The molecule has 2 aromatic carbocycles. The fourth-order valence-corrected chi connectivity index (χ4v) is 2.99. The summed E-state index contributed by atoms with van der Waals surface area (Å²) in [5.74, 6) is -2.82. The van der Waals surface area contributed by atoms with Crippen molar-refractivity contribution in [2.75, 3.05) is 4.72 Å².